The fourth-order valence-electron chi connectivity index (χ4n) is 3.81. The van der Waals surface area contributed by atoms with Gasteiger partial charge in [-0.25, -0.2) is 4.79 Å². The Kier molecular flexibility index (Phi) is 6.32. The van der Waals surface area contributed by atoms with E-state index in [1.54, 1.807) is 13.0 Å². The van der Waals surface area contributed by atoms with E-state index in [-0.39, 0.29) is 17.1 Å². The van der Waals surface area contributed by atoms with Gasteiger partial charge >= 0.3 is 5.63 Å². The monoisotopic (exact) mass is 433 g/mol. The number of nitrogens with one attached hydrogen (secondary N) is 1. The van der Waals surface area contributed by atoms with Crippen molar-refractivity contribution in [1.29, 1.82) is 0 Å². The first-order chi connectivity index (χ1) is 15.4. The molecule has 0 spiro atoms. The lowest BCUT2D eigenvalue weighted by molar-refractivity contribution is 0.433. The Balaban J connectivity index is 1.36. The number of hydrogen-bond donors (Lipinski definition) is 3. The predicted octanol–water partition coefficient (Wildman–Crippen LogP) is 4.85. The van der Waals surface area contributed by atoms with Crippen LogP contribution >= 0.6 is 0 Å². The van der Waals surface area contributed by atoms with Crippen molar-refractivity contribution in [1.82, 2.24) is 5.32 Å². The summed E-state index contributed by atoms with van der Waals surface area (Å²) in [6.07, 6.45) is 2.69. The minimum atomic E-state index is -0.570. The van der Waals surface area contributed by atoms with Crippen LogP contribution in [0.1, 0.15) is 28.7 Å². The molecule has 2 aromatic heterocycles. The Morgan fingerprint density at radius 3 is 2.53 bits per heavy atom. The van der Waals surface area contributed by atoms with Crippen LogP contribution in [0.3, 0.4) is 0 Å². The first-order valence-electron chi connectivity index (χ1n) is 10.8. The average Bonchev–Trinajstić information content (AvgIpc) is 3.21. The minimum Gasteiger partial charge on any atom is -0.508 e. The summed E-state index contributed by atoms with van der Waals surface area (Å²) in [6, 6.07) is 15.3. The third kappa shape index (κ3) is 4.55. The molecule has 0 aliphatic rings. The Bertz CT molecular complexity index is 1300. The molecule has 3 N–H and O–H groups in total. The predicted molar refractivity (Wildman–Crippen MR) is 124 cm³/mol. The highest BCUT2D eigenvalue weighted by Crippen LogP contribution is 2.33. The Morgan fingerprint density at radius 2 is 1.72 bits per heavy atom. The number of furan rings is 1. The van der Waals surface area contributed by atoms with Gasteiger partial charge in [0.2, 0.25) is 0 Å². The molecule has 6 nitrogen and oxygen atoms in total. The van der Waals surface area contributed by atoms with Crippen molar-refractivity contribution in [3.63, 3.8) is 0 Å². The quantitative estimate of drug-likeness (QED) is 0.344. The van der Waals surface area contributed by atoms with Crippen LogP contribution < -0.4 is 10.9 Å². The van der Waals surface area contributed by atoms with E-state index < -0.39 is 5.63 Å². The minimum absolute atomic E-state index is 0.0626. The summed E-state index contributed by atoms with van der Waals surface area (Å²) in [6.45, 7) is 4.93. The lowest BCUT2D eigenvalue weighted by Gasteiger charge is -2.06. The largest absolute Gasteiger partial charge is 0.508 e. The molecule has 2 heterocycles. The lowest BCUT2D eigenvalue weighted by Crippen LogP contribution is -2.19. The van der Waals surface area contributed by atoms with E-state index in [1.807, 2.05) is 36.4 Å². The van der Waals surface area contributed by atoms with Crippen molar-refractivity contribution >= 4 is 11.0 Å². The number of aromatic hydroxyl groups is 2. The zero-order valence-electron chi connectivity index (χ0n) is 18.3. The van der Waals surface area contributed by atoms with Crippen molar-refractivity contribution in [3.8, 4) is 23.0 Å². The summed E-state index contributed by atoms with van der Waals surface area (Å²) in [5, 5.41) is 24.3. The van der Waals surface area contributed by atoms with E-state index in [9.17, 15) is 15.0 Å². The third-order valence-electron chi connectivity index (χ3n) is 5.74. The van der Waals surface area contributed by atoms with Crippen LogP contribution in [-0.4, -0.2) is 23.3 Å². The maximum absolute atomic E-state index is 12.0. The molecule has 0 amide bonds. The van der Waals surface area contributed by atoms with Crippen molar-refractivity contribution in [3.05, 3.63) is 81.2 Å². The molecule has 2 aromatic carbocycles. The van der Waals surface area contributed by atoms with E-state index in [4.69, 9.17) is 8.83 Å². The van der Waals surface area contributed by atoms with Gasteiger partial charge in [0.1, 0.15) is 17.1 Å². The van der Waals surface area contributed by atoms with E-state index in [0.29, 0.717) is 22.7 Å². The van der Waals surface area contributed by atoms with E-state index >= 15 is 0 Å². The molecule has 0 unspecified atom stereocenters. The number of benzene rings is 2. The molecule has 4 rings (SSSR count). The highest BCUT2D eigenvalue weighted by molar-refractivity contribution is 5.83. The third-order valence-corrected chi connectivity index (χ3v) is 5.74. The van der Waals surface area contributed by atoms with E-state index in [1.165, 1.54) is 12.5 Å². The van der Waals surface area contributed by atoms with Gasteiger partial charge in [0.25, 0.3) is 0 Å². The molecule has 166 valence electrons. The smallest absolute Gasteiger partial charge is 0.343 e. The molecule has 0 saturated heterocycles. The van der Waals surface area contributed by atoms with Gasteiger partial charge < -0.3 is 24.4 Å². The van der Waals surface area contributed by atoms with Crippen molar-refractivity contribution in [2.45, 2.75) is 33.1 Å². The summed E-state index contributed by atoms with van der Waals surface area (Å²) in [4.78, 5) is 12.0. The normalized spacial score (nSPS) is 11.3. The molecular weight excluding hydrogens is 406 g/mol. The molecule has 0 aliphatic heterocycles. The maximum atomic E-state index is 12.0. The second-order valence-electron chi connectivity index (χ2n) is 8.03. The number of aryl methyl sites for hydroxylation is 1. The summed E-state index contributed by atoms with van der Waals surface area (Å²) >= 11 is 0. The van der Waals surface area contributed by atoms with Crippen LogP contribution in [0.5, 0.6) is 11.5 Å². The number of phenolic OH excluding ortho intramolecular Hbond substituents is 1. The van der Waals surface area contributed by atoms with Gasteiger partial charge in [-0.1, -0.05) is 24.3 Å². The maximum Gasteiger partial charge on any atom is 0.343 e. The topological polar surface area (TPSA) is 95.8 Å². The molecule has 0 atom stereocenters. The van der Waals surface area contributed by atoms with Gasteiger partial charge in [0, 0.05) is 10.9 Å². The second-order valence-corrected chi connectivity index (χ2v) is 8.03. The first-order valence-corrected chi connectivity index (χ1v) is 10.8. The van der Waals surface area contributed by atoms with Gasteiger partial charge in [-0.2, -0.15) is 0 Å². The van der Waals surface area contributed by atoms with E-state index in [0.717, 1.165) is 43.3 Å². The summed E-state index contributed by atoms with van der Waals surface area (Å²) < 4.78 is 11.2. The Morgan fingerprint density at radius 1 is 0.906 bits per heavy atom. The summed E-state index contributed by atoms with van der Waals surface area (Å²) in [7, 11) is 0. The van der Waals surface area contributed by atoms with Crippen LogP contribution in [0.15, 0.2) is 62.2 Å². The van der Waals surface area contributed by atoms with Gasteiger partial charge in [-0.15, -0.1) is 0 Å². The zero-order chi connectivity index (χ0) is 22.7. The summed E-state index contributed by atoms with van der Waals surface area (Å²) in [5.41, 5.74) is 2.95. The lowest BCUT2D eigenvalue weighted by atomic mass is 10.1. The van der Waals surface area contributed by atoms with Crippen LogP contribution in [0.4, 0.5) is 0 Å². The van der Waals surface area contributed by atoms with Crippen molar-refractivity contribution < 1.29 is 19.0 Å². The Labute approximate surface area is 186 Å². The average molecular weight is 434 g/mol. The highest BCUT2D eigenvalue weighted by atomic mass is 16.4. The number of hydrogen-bond acceptors (Lipinski definition) is 6. The molecule has 6 heteroatoms. The van der Waals surface area contributed by atoms with Gasteiger partial charge in [0.15, 0.2) is 11.5 Å². The molecule has 0 bridgehead atoms. The Hall–Kier alpha value is -3.51. The molecule has 0 radical (unpaired) electrons. The number of phenols is 1. The molecular formula is C26H27NO5. The molecule has 0 aliphatic carbocycles. The van der Waals surface area contributed by atoms with Crippen LogP contribution in [0, 0.1) is 13.8 Å². The number of fused-ring (bicyclic) bond motifs is 1. The van der Waals surface area contributed by atoms with E-state index in [2.05, 4.69) is 11.4 Å². The summed E-state index contributed by atoms with van der Waals surface area (Å²) in [5.74, 6) is 0.960. The van der Waals surface area contributed by atoms with Crippen LogP contribution in [-0.2, 0) is 12.8 Å². The molecule has 0 fully saturated rings. The number of para-hydroxylation sites is 1. The van der Waals surface area contributed by atoms with Crippen LogP contribution in [0.2, 0.25) is 0 Å². The molecule has 32 heavy (non-hydrogen) atoms. The fourth-order valence-corrected chi connectivity index (χ4v) is 3.81. The standard InChI is InChI=1S/C26H27NO5/c1-16-24(29)17(2)26(30)32-25(16)23-15-20-14-18(9-10-22(20)31-23)6-5-12-27-13-11-19-7-3-4-8-21(19)28/h3-4,7-10,14-15,27-29H,5-6,11-13H2,1-2H3. The SMILES string of the molecule is Cc1c(-c2cc3cc(CCCNCCc4ccccc4O)ccc3o2)oc(=O)c(C)c1O. The van der Waals surface area contributed by atoms with Gasteiger partial charge in [-0.3, -0.25) is 0 Å². The van der Waals surface area contributed by atoms with Crippen molar-refractivity contribution in [2.75, 3.05) is 13.1 Å². The van der Waals surface area contributed by atoms with Crippen LogP contribution in [0.25, 0.3) is 22.5 Å². The molecule has 4 aromatic rings. The zero-order valence-corrected chi connectivity index (χ0v) is 18.3. The van der Waals surface area contributed by atoms with Gasteiger partial charge in [0.05, 0.1) is 5.56 Å². The second kappa shape index (κ2) is 9.32. The molecule has 0 saturated carbocycles. The van der Waals surface area contributed by atoms with Gasteiger partial charge in [-0.05, 0) is 81.6 Å². The fraction of sp³-hybridized carbons (Fsp3) is 0.269. The number of rotatable bonds is 8. The van der Waals surface area contributed by atoms with Crippen molar-refractivity contribution in [2.24, 2.45) is 0 Å². The highest BCUT2D eigenvalue weighted by Gasteiger charge is 2.18. The first kappa shape index (κ1) is 21.7.